The van der Waals surface area contributed by atoms with Crippen molar-refractivity contribution in [3.05, 3.63) is 53.5 Å². The van der Waals surface area contributed by atoms with Gasteiger partial charge >= 0.3 is 6.18 Å². The molecule has 0 atom stereocenters. The van der Waals surface area contributed by atoms with Crippen LogP contribution in [0.25, 0.3) is 0 Å². The molecule has 0 aliphatic rings. The van der Waals surface area contributed by atoms with E-state index in [4.69, 9.17) is 4.74 Å². The van der Waals surface area contributed by atoms with E-state index in [2.05, 4.69) is 10.3 Å². The molecule has 0 aliphatic carbocycles. The van der Waals surface area contributed by atoms with Gasteiger partial charge in [0.25, 0.3) is 5.91 Å². The molecular weight excluding hydrogens is 304 g/mol. The second kappa shape index (κ2) is 6.00. The number of hydrogen-bond donors (Lipinski definition) is 1. The lowest BCUT2D eigenvalue weighted by Crippen LogP contribution is -2.15. The van der Waals surface area contributed by atoms with E-state index >= 15 is 0 Å². The van der Waals surface area contributed by atoms with Gasteiger partial charge in [-0.25, -0.2) is 9.37 Å². The number of hydrogen-bond acceptors (Lipinski definition) is 3. The van der Waals surface area contributed by atoms with Crippen LogP contribution in [0.2, 0.25) is 0 Å². The molecule has 116 valence electrons. The lowest BCUT2D eigenvalue weighted by atomic mass is 10.1. The fourth-order valence-corrected chi connectivity index (χ4v) is 1.67. The average molecular weight is 314 g/mol. The quantitative estimate of drug-likeness (QED) is 0.882. The lowest BCUT2D eigenvalue weighted by Gasteiger charge is -2.10. The summed E-state index contributed by atoms with van der Waals surface area (Å²) in [7, 11) is 1.38. The van der Waals surface area contributed by atoms with Crippen LogP contribution in [0.4, 0.5) is 23.2 Å². The van der Waals surface area contributed by atoms with Gasteiger partial charge in [0.1, 0.15) is 5.82 Å². The van der Waals surface area contributed by atoms with E-state index in [1.165, 1.54) is 25.4 Å². The van der Waals surface area contributed by atoms with Crippen LogP contribution >= 0.6 is 0 Å². The van der Waals surface area contributed by atoms with E-state index in [1.54, 1.807) is 0 Å². The molecule has 0 bridgehead atoms. The second-order valence-electron chi connectivity index (χ2n) is 4.23. The van der Waals surface area contributed by atoms with E-state index in [0.717, 1.165) is 6.07 Å². The minimum atomic E-state index is -4.67. The van der Waals surface area contributed by atoms with Crippen molar-refractivity contribution < 1.29 is 27.1 Å². The molecule has 1 aromatic heterocycles. The monoisotopic (exact) mass is 314 g/mol. The number of carbonyl (C=O) groups is 1. The number of nitrogens with zero attached hydrogens (tertiary/aromatic N) is 1. The number of aromatic nitrogens is 1. The van der Waals surface area contributed by atoms with Gasteiger partial charge in [-0.2, -0.15) is 13.2 Å². The third-order valence-corrected chi connectivity index (χ3v) is 2.74. The standard InChI is InChI=1S/C14H10F4N2O2/c1-22-12-7-9(4-5-19-12)20-13(21)10-3-2-8(6-11(10)15)14(16,17)18/h2-7H,1H3,(H,19,20,21). The number of carbonyl (C=O) groups excluding carboxylic acids is 1. The summed E-state index contributed by atoms with van der Waals surface area (Å²) in [5.41, 5.74) is -1.38. The third kappa shape index (κ3) is 3.51. The van der Waals surface area contributed by atoms with Crippen LogP contribution in [0.5, 0.6) is 5.88 Å². The van der Waals surface area contributed by atoms with E-state index in [0.29, 0.717) is 6.07 Å². The van der Waals surface area contributed by atoms with Gasteiger partial charge < -0.3 is 10.1 Å². The Labute approximate surface area is 122 Å². The van der Waals surface area contributed by atoms with Crippen molar-refractivity contribution in [3.8, 4) is 5.88 Å². The highest BCUT2D eigenvalue weighted by Gasteiger charge is 2.31. The molecule has 0 radical (unpaired) electrons. The summed E-state index contributed by atoms with van der Waals surface area (Å²) in [6.45, 7) is 0. The topological polar surface area (TPSA) is 51.2 Å². The fraction of sp³-hybridized carbons (Fsp3) is 0.143. The molecule has 0 saturated carbocycles. The largest absolute Gasteiger partial charge is 0.481 e. The Kier molecular flexibility index (Phi) is 4.30. The van der Waals surface area contributed by atoms with Crippen molar-refractivity contribution in [1.82, 2.24) is 4.98 Å². The number of halogens is 4. The average Bonchev–Trinajstić information content (AvgIpc) is 2.46. The molecule has 1 N–H and O–H groups in total. The Balaban J connectivity index is 2.22. The van der Waals surface area contributed by atoms with Gasteiger partial charge in [0.15, 0.2) is 0 Å². The Bertz CT molecular complexity index is 701. The van der Waals surface area contributed by atoms with Crippen LogP contribution in [0.15, 0.2) is 36.5 Å². The summed E-state index contributed by atoms with van der Waals surface area (Å²) >= 11 is 0. The van der Waals surface area contributed by atoms with Gasteiger partial charge in [-0.05, 0) is 24.3 Å². The number of alkyl halides is 3. The first-order valence-corrected chi connectivity index (χ1v) is 5.99. The second-order valence-corrected chi connectivity index (χ2v) is 4.23. The molecule has 0 saturated heterocycles. The highest BCUT2D eigenvalue weighted by molar-refractivity contribution is 6.04. The first-order valence-electron chi connectivity index (χ1n) is 5.99. The van der Waals surface area contributed by atoms with Crippen LogP contribution in [-0.2, 0) is 6.18 Å². The first kappa shape index (κ1) is 15.7. The van der Waals surface area contributed by atoms with Crippen LogP contribution < -0.4 is 10.1 Å². The predicted molar refractivity (Wildman–Crippen MR) is 70.1 cm³/mol. The molecule has 1 amide bonds. The van der Waals surface area contributed by atoms with Crippen LogP contribution in [0, 0.1) is 5.82 Å². The van der Waals surface area contributed by atoms with Gasteiger partial charge in [-0.15, -0.1) is 0 Å². The van der Waals surface area contributed by atoms with E-state index in [-0.39, 0.29) is 17.6 Å². The van der Waals surface area contributed by atoms with Gasteiger partial charge in [0, 0.05) is 18.0 Å². The molecule has 0 spiro atoms. The number of rotatable bonds is 3. The highest BCUT2D eigenvalue weighted by Crippen LogP contribution is 2.30. The zero-order chi connectivity index (χ0) is 16.3. The molecule has 1 heterocycles. The number of methoxy groups -OCH3 is 1. The molecule has 0 fully saturated rings. The van der Waals surface area contributed by atoms with Crippen LogP contribution in [-0.4, -0.2) is 18.0 Å². The van der Waals surface area contributed by atoms with Crippen LogP contribution in [0.1, 0.15) is 15.9 Å². The van der Waals surface area contributed by atoms with Crippen molar-refractivity contribution in [2.45, 2.75) is 6.18 Å². The maximum atomic E-state index is 13.7. The van der Waals surface area contributed by atoms with Crippen LogP contribution in [0.3, 0.4) is 0 Å². The van der Waals surface area contributed by atoms with E-state index in [9.17, 15) is 22.4 Å². The molecule has 2 rings (SSSR count). The van der Waals surface area contributed by atoms with E-state index in [1.807, 2.05) is 0 Å². The smallest absolute Gasteiger partial charge is 0.416 e. The number of ether oxygens (including phenoxy) is 1. The molecular formula is C14H10F4N2O2. The Morgan fingerprint density at radius 3 is 2.55 bits per heavy atom. The molecule has 0 unspecified atom stereocenters. The van der Waals surface area contributed by atoms with Gasteiger partial charge in [-0.1, -0.05) is 0 Å². The summed E-state index contributed by atoms with van der Waals surface area (Å²) in [5.74, 6) is -1.90. The maximum absolute atomic E-state index is 13.7. The SMILES string of the molecule is COc1cc(NC(=O)c2ccc(C(F)(F)F)cc2F)ccn1. The minimum absolute atomic E-state index is 0.227. The number of pyridine rings is 1. The molecule has 22 heavy (non-hydrogen) atoms. The third-order valence-electron chi connectivity index (χ3n) is 2.74. The Morgan fingerprint density at radius 1 is 1.23 bits per heavy atom. The summed E-state index contributed by atoms with van der Waals surface area (Å²) in [4.78, 5) is 15.7. The lowest BCUT2D eigenvalue weighted by molar-refractivity contribution is -0.137. The minimum Gasteiger partial charge on any atom is -0.481 e. The first-order chi connectivity index (χ1) is 10.3. The molecule has 2 aromatic rings. The summed E-state index contributed by atoms with van der Waals surface area (Å²) in [6, 6.07) is 4.53. The van der Waals surface area contributed by atoms with Crippen molar-refractivity contribution in [2.24, 2.45) is 0 Å². The molecule has 1 aromatic carbocycles. The number of nitrogens with one attached hydrogen (secondary N) is 1. The number of anilines is 1. The molecule has 4 nitrogen and oxygen atoms in total. The molecule has 0 aliphatic heterocycles. The summed E-state index contributed by atoms with van der Waals surface area (Å²) in [6.07, 6.45) is -3.31. The molecule has 8 heteroatoms. The fourth-order valence-electron chi connectivity index (χ4n) is 1.67. The zero-order valence-electron chi connectivity index (χ0n) is 11.2. The number of amides is 1. The van der Waals surface area contributed by atoms with Crippen molar-refractivity contribution in [1.29, 1.82) is 0 Å². The summed E-state index contributed by atoms with van der Waals surface area (Å²) < 4.78 is 55.9. The zero-order valence-corrected chi connectivity index (χ0v) is 11.2. The van der Waals surface area contributed by atoms with Crippen molar-refractivity contribution >= 4 is 11.6 Å². The van der Waals surface area contributed by atoms with Crippen molar-refractivity contribution in [3.63, 3.8) is 0 Å². The Morgan fingerprint density at radius 2 is 1.95 bits per heavy atom. The Hall–Kier alpha value is -2.64. The summed E-state index contributed by atoms with van der Waals surface area (Å²) in [5, 5.41) is 2.35. The van der Waals surface area contributed by atoms with Crippen molar-refractivity contribution in [2.75, 3.05) is 12.4 Å². The van der Waals surface area contributed by atoms with Gasteiger partial charge in [0.05, 0.1) is 18.2 Å². The maximum Gasteiger partial charge on any atom is 0.416 e. The van der Waals surface area contributed by atoms with Gasteiger partial charge in [-0.3, -0.25) is 4.79 Å². The normalized spacial score (nSPS) is 11.1. The van der Waals surface area contributed by atoms with Gasteiger partial charge in [0.2, 0.25) is 5.88 Å². The highest BCUT2D eigenvalue weighted by atomic mass is 19.4. The van der Waals surface area contributed by atoms with E-state index < -0.39 is 29.0 Å². The number of benzene rings is 1. The predicted octanol–water partition coefficient (Wildman–Crippen LogP) is 3.50.